The number of aromatic nitrogens is 4. The second kappa shape index (κ2) is 8.05. The van der Waals surface area contributed by atoms with E-state index >= 15 is 0 Å². The number of rotatable bonds is 7. The van der Waals surface area contributed by atoms with Gasteiger partial charge in [-0.1, -0.05) is 0 Å². The van der Waals surface area contributed by atoms with Gasteiger partial charge in [0, 0.05) is 37.2 Å². The fraction of sp³-hybridized carbons (Fsp3) is 0.316. The van der Waals surface area contributed by atoms with Crippen molar-refractivity contribution in [2.24, 2.45) is 0 Å². The molecule has 0 radical (unpaired) electrons. The Morgan fingerprint density at radius 2 is 1.96 bits per heavy atom. The van der Waals surface area contributed by atoms with Crippen LogP contribution in [-0.4, -0.2) is 52.9 Å². The minimum Gasteiger partial charge on any atom is -0.494 e. The lowest BCUT2D eigenvalue weighted by Gasteiger charge is -2.13. The smallest absolute Gasteiger partial charge is 0.229 e. The predicted molar refractivity (Wildman–Crippen MR) is 107 cm³/mol. The Labute approximate surface area is 159 Å². The topological polar surface area (TPSA) is 80.1 Å². The number of nitrogens with one attached hydrogen (secondary N) is 2. The highest BCUT2D eigenvalue weighted by atomic mass is 16.5. The highest BCUT2D eigenvalue weighted by Crippen LogP contribution is 2.27. The van der Waals surface area contributed by atoms with E-state index in [4.69, 9.17) is 4.74 Å². The van der Waals surface area contributed by atoms with Crippen LogP contribution in [0.2, 0.25) is 0 Å². The molecule has 2 aromatic heterocycles. The summed E-state index contributed by atoms with van der Waals surface area (Å²) in [4.78, 5) is 11.0. The third kappa shape index (κ3) is 4.53. The van der Waals surface area contributed by atoms with Crippen molar-refractivity contribution in [1.82, 2.24) is 24.6 Å². The zero-order valence-corrected chi connectivity index (χ0v) is 16.3. The van der Waals surface area contributed by atoms with Crippen molar-refractivity contribution in [2.75, 3.05) is 38.9 Å². The van der Waals surface area contributed by atoms with Gasteiger partial charge in [-0.15, -0.1) is 0 Å². The Bertz CT molecular complexity index is 920. The van der Waals surface area contributed by atoms with Gasteiger partial charge in [0.1, 0.15) is 17.3 Å². The molecule has 0 aliphatic heterocycles. The van der Waals surface area contributed by atoms with Gasteiger partial charge in [-0.2, -0.15) is 10.1 Å². The number of aryl methyl sites for hydroxylation is 1. The van der Waals surface area contributed by atoms with Crippen LogP contribution in [0.15, 0.2) is 36.5 Å². The molecular weight excluding hydrogens is 342 g/mol. The fourth-order valence-corrected chi connectivity index (χ4v) is 2.73. The second-order valence-corrected chi connectivity index (χ2v) is 6.47. The van der Waals surface area contributed by atoms with Crippen LogP contribution < -0.4 is 15.4 Å². The van der Waals surface area contributed by atoms with Crippen LogP contribution in [0.3, 0.4) is 0 Å². The quantitative estimate of drug-likeness (QED) is 0.665. The van der Waals surface area contributed by atoms with Crippen LogP contribution in [-0.2, 0) is 6.54 Å². The molecule has 0 saturated carbocycles. The lowest BCUT2D eigenvalue weighted by molar-refractivity contribution is 0.394. The Morgan fingerprint density at radius 3 is 2.67 bits per heavy atom. The van der Waals surface area contributed by atoms with Crippen molar-refractivity contribution >= 4 is 17.5 Å². The molecule has 0 atom stereocenters. The lowest BCUT2D eigenvalue weighted by Crippen LogP contribution is -2.11. The summed E-state index contributed by atoms with van der Waals surface area (Å²) in [6.45, 7) is 2.71. The molecule has 0 aliphatic rings. The van der Waals surface area contributed by atoms with E-state index in [2.05, 4.69) is 30.6 Å². The van der Waals surface area contributed by atoms with Gasteiger partial charge in [-0.05, 0) is 45.3 Å². The van der Waals surface area contributed by atoms with E-state index in [9.17, 15) is 0 Å². The third-order valence-electron chi connectivity index (χ3n) is 3.91. The third-order valence-corrected chi connectivity index (χ3v) is 3.91. The van der Waals surface area contributed by atoms with E-state index in [1.165, 1.54) is 0 Å². The first kappa shape index (κ1) is 18.7. The largest absolute Gasteiger partial charge is 0.494 e. The Kier molecular flexibility index (Phi) is 5.56. The molecule has 3 rings (SSSR count). The van der Waals surface area contributed by atoms with Gasteiger partial charge in [-0.25, -0.2) is 9.67 Å². The highest BCUT2D eigenvalue weighted by Gasteiger charge is 2.10. The number of nitrogens with zero attached hydrogens (tertiary/aromatic N) is 5. The summed E-state index contributed by atoms with van der Waals surface area (Å²) in [5, 5.41) is 10.9. The zero-order chi connectivity index (χ0) is 19.4. The van der Waals surface area contributed by atoms with Crippen molar-refractivity contribution in [1.29, 1.82) is 0 Å². The first-order valence-electron chi connectivity index (χ1n) is 8.66. The Hall–Kier alpha value is -3.13. The number of hydrogen-bond donors (Lipinski definition) is 2. The first-order valence-corrected chi connectivity index (χ1v) is 8.66. The molecule has 2 heterocycles. The average Bonchev–Trinajstić information content (AvgIpc) is 3.08. The number of anilines is 3. The molecule has 8 heteroatoms. The molecule has 0 bridgehead atoms. The van der Waals surface area contributed by atoms with Crippen LogP contribution >= 0.6 is 0 Å². The van der Waals surface area contributed by atoms with Gasteiger partial charge in [0.2, 0.25) is 5.95 Å². The Morgan fingerprint density at radius 1 is 1.15 bits per heavy atom. The van der Waals surface area contributed by atoms with Gasteiger partial charge < -0.3 is 20.3 Å². The summed E-state index contributed by atoms with van der Waals surface area (Å²) >= 11 is 0. The molecule has 0 amide bonds. The van der Waals surface area contributed by atoms with E-state index in [-0.39, 0.29) is 0 Å². The summed E-state index contributed by atoms with van der Waals surface area (Å²) in [5.74, 6) is 2.03. The first-order chi connectivity index (χ1) is 13.0. The van der Waals surface area contributed by atoms with Crippen LogP contribution in [0.1, 0.15) is 11.4 Å². The Balaban J connectivity index is 1.92. The van der Waals surface area contributed by atoms with Gasteiger partial charge in [-0.3, -0.25) is 0 Å². The van der Waals surface area contributed by atoms with Crippen molar-refractivity contribution in [3.8, 4) is 11.4 Å². The molecular formula is C19H25N7O. The summed E-state index contributed by atoms with van der Waals surface area (Å²) in [6, 6.07) is 9.69. The minimum atomic E-state index is 0.532. The van der Waals surface area contributed by atoms with E-state index in [1.807, 2.05) is 69.3 Å². The molecule has 0 spiro atoms. The molecule has 0 fully saturated rings. The van der Waals surface area contributed by atoms with Crippen molar-refractivity contribution in [2.45, 2.75) is 13.5 Å². The number of benzene rings is 1. The molecule has 8 nitrogen and oxygen atoms in total. The molecule has 142 valence electrons. The molecule has 0 saturated heterocycles. The minimum absolute atomic E-state index is 0.532. The summed E-state index contributed by atoms with van der Waals surface area (Å²) in [7, 11) is 7.52. The lowest BCUT2D eigenvalue weighted by atomic mass is 10.2. The number of methoxy groups -OCH3 is 1. The maximum absolute atomic E-state index is 5.51. The molecule has 3 aromatic rings. The molecule has 0 unspecified atom stereocenters. The maximum atomic E-state index is 5.51. The second-order valence-electron chi connectivity index (χ2n) is 6.47. The molecule has 27 heavy (non-hydrogen) atoms. The van der Waals surface area contributed by atoms with E-state index in [0.717, 1.165) is 40.9 Å². The fourth-order valence-electron chi connectivity index (χ4n) is 2.73. The van der Waals surface area contributed by atoms with Gasteiger partial charge >= 0.3 is 0 Å². The maximum Gasteiger partial charge on any atom is 0.229 e. The highest BCUT2D eigenvalue weighted by molar-refractivity contribution is 5.62. The average molecular weight is 367 g/mol. The van der Waals surface area contributed by atoms with Crippen LogP contribution in [0.25, 0.3) is 5.69 Å². The van der Waals surface area contributed by atoms with Crippen molar-refractivity contribution < 1.29 is 4.74 Å². The van der Waals surface area contributed by atoms with E-state index < -0.39 is 0 Å². The van der Waals surface area contributed by atoms with Crippen molar-refractivity contribution in [3.63, 3.8) is 0 Å². The van der Waals surface area contributed by atoms with E-state index in [1.54, 1.807) is 7.11 Å². The predicted octanol–water partition coefficient (Wildman–Crippen LogP) is 2.83. The normalized spacial score (nSPS) is 10.9. The zero-order valence-electron chi connectivity index (χ0n) is 16.3. The van der Waals surface area contributed by atoms with Gasteiger partial charge in [0.15, 0.2) is 0 Å². The molecule has 2 N–H and O–H groups in total. The monoisotopic (exact) mass is 367 g/mol. The SMILES string of the molecule is CNc1cc(C)nc(Nc2ccc(OC)c(-n3ccc(CN(C)C)n3)c2)n1. The summed E-state index contributed by atoms with van der Waals surface area (Å²) < 4.78 is 7.33. The van der Waals surface area contributed by atoms with Crippen LogP contribution in [0.4, 0.5) is 17.5 Å². The van der Waals surface area contributed by atoms with E-state index in [0.29, 0.717) is 5.95 Å². The van der Waals surface area contributed by atoms with Crippen LogP contribution in [0.5, 0.6) is 5.75 Å². The molecule has 1 aromatic carbocycles. The number of hydrogen-bond acceptors (Lipinski definition) is 7. The standard InChI is InChI=1S/C19H25N7O/c1-13-10-18(20-2)23-19(21-13)22-14-6-7-17(27-5)16(11-14)26-9-8-15(24-26)12-25(3)4/h6-11H,12H2,1-5H3,(H2,20,21,22,23). The summed E-state index contributed by atoms with van der Waals surface area (Å²) in [5.41, 5.74) is 3.56. The summed E-state index contributed by atoms with van der Waals surface area (Å²) in [6.07, 6.45) is 1.93. The number of ether oxygens (including phenoxy) is 1. The molecule has 0 aliphatic carbocycles. The van der Waals surface area contributed by atoms with Crippen LogP contribution in [0, 0.1) is 6.92 Å². The van der Waals surface area contributed by atoms with Crippen molar-refractivity contribution in [3.05, 3.63) is 47.9 Å². The van der Waals surface area contributed by atoms with Gasteiger partial charge in [0.05, 0.1) is 12.8 Å². The van der Waals surface area contributed by atoms with Gasteiger partial charge in [0.25, 0.3) is 0 Å².